The van der Waals surface area contributed by atoms with Gasteiger partial charge in [-0.25, -0.2) is 0 Å². The zero-order chi connectivity index (χ0) is 17.2. The third kappa shape index (κ3) is 3.29. The van der Waals surface area contributed by atoms with E-state index < -0.39 is 0 Å². The molecule has 1 atom stereocenters. The van der Waals surface area contributed by atoms with Crippen molar-refractivity contribution < 1.29 is 9.21 Å². The molecule has 5 heteroatoms. The summed E-state index contributed by atoms with van der Waals surface area (Å²) in [5.41, 5.74) is 4.06. The van der Waals surface area contributed by atoms with Crippen LogP contribution in [0.15, 0.2) is 41.0 Å². The minimum absolute atomic E-state index is 0.143. The van der Waals surface area contributed by atoms with E-state index in [0.29, 0.717) is 12.3 Å². The van der Waals surface area contributed by atoms with E-state index in [1.165, 1.54) is 35.9 Å². The van der Waals surface area contributed by atoms with Crippen LogP contribution in [0.25, 0.3) is 0 Å². The second-order valence-corrected chi connectivity index (χ2v) is 7.01. The highest BCUT2D eigenvalue weighted by Crippen LogP contribution is 2.32. The highest BCUT2D eigenvalue weighted by molar-refractivity contribution is 5.91. The monoisotopic (exact) mass is 339 g/mol. The Morgan fingerprint density at radius 1 is 1.24 bits per heavy atom. The first-order chi connectivity index (χ1) is 12.2. The van der Waals surface area contributed by atoms with Crippen LogP contribution in [0.5, 0.6) is 0 Å². The zero-order valence-electron chi connectivity index (χ0n) is 14.7. The van der Waals surface area contributed by atoms with Crippen molar-refractivity contribution in [2.75, 3.05) is 38.1 Å². The number of anilines is 1. The highest BCUT2D eigenvalue weighted by Gasteiger charge is 2.26. The van der Waals surface area contributed by atoms with Gasteiger partial charge in [-0.1, -0.05) is 12.1 Å². The van der Waals surface area contributed by atoms with Crippen molar-refractivity contribution >= 4 is 11.6 Å². The number of benzene rings is 1. The molecule has 1 fully saturated rings. The van der Waals surface area contributed by atoms with Gasteiger partial charge in [0.05, 0.1) is 12.3 Å². The molecule has 0 unspecified atom stereocenters. The fraction of sp³-hybridized carbons (Fsp3) is 0.450. The molecule has 2 aliphatic heterocycles. The molecule has 2 aromatic rings. The zero-order valence-corrected chi connectivity index (χ0v) is 14.7. The summed E-state index contributed by atoms with van der Waals surface area (Å²) in [7, 11) is 2.15. The lowest BCUT2D eigenvalue weighted by Gasteiger charge is -2.28. The van der Waals surface area contributed by atoms with Gasteiger partial charge in [-0.15, -0.1) is 0 Å². The van der Waals surface area contributed by atoms with Crippen LogP contribution in [0, 0.1) is 0 Å². The maximum Gasteiger partial charge on any atom is 0.287 e. The van der Waals surface area contributed by atoms with Gasteiger partial charge in [0.25, 0.3) is 5.91 Å². The quantitative estimate of drug-likeness (QED) is 0.910. The van der Waals surface area contributed by atoms with Gasteiger partial charge in [-0.05, 0) is 61.7 Å². The second-order valence-electron chi connectivity index (χ2n) is 7.01. The van der Waals surface area contributed by atoms with Crippen LogP contribution in [0.3, 0.4) is 0 Å². The lowest BCUT2D eigenvalue weighted by Crippen LogP contribution is -2.36. The molecule has 0 spiro atoms. The van der Waals surface area contributed by atoms with Crippen molar-refractivity contribution in [3.8, 4) is 0 Å². The molecule has 132 valence electrons. The minimum atomic E-state index is -0.143. The van der Waals surface area contributed by atoms with Gasteiger partial charge in [0, 0.05) is 25.8 Å². The van der Waals surface area contributed by atoms with Crippen LogP contribution in [0.4, 0.5) is 5.69 Å². The molecule has 2 aliphatic rings. The first-order valence-electron chi connectivity index (χ1n) is 9.12. The van der Waals surface area contributed by atoms with Crippen LogP contribution in [-0.2, 0) is 6.42 Å². The number of carbonyl (C=O) groups excluding carboxylic acids is 1. The van der Waals surface area contributed by atoms with E-state index in [1.54, 1.807) is 12.1 Å². The van der Waals surface area contributed by atoms with E-state index in [9.17, 15) is 4.79 Å². The molecule has 1 N–H and O–H groups in total. The number of nitrogens with one attached hydrogen (secondary N) is 1. The van der Waals surface area contributed by atoms with E-state index in [4.69, 9.17) is 4.42 Å². The van der Waals surface area contributed by atoms with Crippen molar-refractivity contribution in [3.05, 3.63) is 53.5 Å². The van der Waals surface area contributed by atoms with E-state index in [1.807, 2.05) is 0 Å². The van der Waals surface area contributed by atoms with Crippen molar-refractivity contribution in [1.82, 2.24) is 10.2 Å². The smallest absolute Gasteiger partial charge is 0.287 e. The lowest BCUT2D eigenvalue weighted by atomic mass is 10.0. The molecule has 0 aliphatic carbocycles. The topological polar surface area (TPSA) is 48.7 Å². The van der Waals surface area contributed by atoms with Gasteiger partial charge in [-0.3, -0.25) is 9.69 Å². The van der Waals surface area contributed by atoms with Crippen molar-refractivity contribution in [1.29, 1.82) is 0 Å². The molecule has 25 heavy (non-hydrogen) atoms. The number of likely N-dealkylation sites (N-methyl/N-ethyl adjacent to an activating group) is 1. The third-order valence-corrected chi connectivity index (χ3v) is 5.40. The molecule has 0 saturated carbocycles. The summed E-state index contributed by atoms with van der Waals surface area (Å²) in [6, 6.07) is 10.5. The Balaban J connectivity index is 1.53. The number of carbonyl (C=O) groups is 1. The Morgan fingerprint density at radius 2 is 2.08 bits per heavy atom. The number of amides is 1. The van der Waals surface area contributed by atoms with Gasteiger partial charge >= 0.3 is 0 Å². The number of hydrogen-bond acceptors (Lipinski definition) is 4. The Kier molecular flexibility index (Phi) is 4.49. The Morgan fingerprint density at radius 3 is 2.84 bits per heavy atom. The first-order valence-corrected chi connectivity index (χ1v) is 9.12. The number of hydrogen-bond donors (Lipinski definition) is 1. The van der Waals surface area contributed by atoms with Crippen LogP contribution >= 0.6 is 0 Å². The number of rotatable bonds is 5. The van der Waals surface area contributed by atoms with Gasteiger partial charge in [0.15, 0.2) is 5.76 Å². The summed E-state index contributed by atoms with van der Waals surface area (Å²) >= 11 is 0. The maximum absolute atomic E-state index is 12.3. The number of nitrogens with zero attached hydrogens (tertiary/aromatic N) is 2. The summed E-state index contributed by atoms with van der Waals surface area (Å²) in [4.78, 5) is 17.1. The third-order valence-electron chi connectivity index (χ3n) is 5.40. The molecule has 1 amide bonds. The molecule has 0 bridgehead atoms. The van der Waals surface area contributed by atoms with E-state index in [0.717, 1.165) is 26.1 Å². The SMILES string of the molecule is CN1CCc2cc([C@@H](CNC(=O)c3ccco3)N3CCCC3)ccc21. The molecular weight excluding hydrogens is 314 g/mol. The van der Waals surface area contributed by atoms with Gasteiger partial charge in [-0.2, -0.15) is 0 Å². The predicted octanol–water partition coefficient (Wildman–Crippen LogP) is 2.84. The molecule has 1 saturated heterocycles. The summed E-state index contributed by atoms with van der Waals surface area (Å²) in [6.07, 6.45) is 5.10. The summed E-state index contributed by atoms with van der Waals surface area (Å²) in [5, 5.41) is 3.05. The lowest BCUT2D eigenvalue weighted by molar-refractivity contribution is 0.0910. The van der Waals surface area contributed by atoms with E-state index in [-0.39, 0.29) is 11.9 Å². The van der Waals surface area contributed by atoms with Gasteiger partial charge in [0.1, 0.15) is 0 Å². The Hall–Kier alpha value is -2.27. The largest absolute Gasteiger partial charge is 0.459 e. The fourth-order valence-electron chi connectivity index (χ4n) is 3.99. The number of likely N-dealkylation sites (tertiary alicyclic amines) is 1. The number of furan rings is 1. The molecule has 1 aromatic heterocycles. The molecule has 0 radical (unpaired) electrons. The summed E-state index contributed by atoms with van der Waals surface area (Å²) < 4.78 is 5.20. The van der Waals surface area contributed by atoms with Gasteiger partial charge < -0.3 is 14.6 Å². The van der Waals surface area contributed by atoms with Crippen LogP contribution in [-0.4, -0.2) is 44.0 Å². The van der Waals surface area contributed by atoms with E-state index >= 15 is 0 Å². The molecule has 1 aromatic carbocycles. The summed E-state index contributed by atoms with van der Waals surface area (Å²) in [5.74, 6) is 0.228. The predicted molar refractivity (Wildman–Crippen MR) is 98.0 cm³/mol. The average molecular weight is 339 g/mol. The highest BCUT2D eigenvalue weighted by atomic mass is 16.3. The molecule has 3 heterocycles. The first kappa shape index (κ1) is 16.2. The van der Waals surface area contributed by atoms with Crippen molar-refractivity contribution in [2.24, 2.45) is 0 Å². The van der Waals surface area contributed by atoms with Crippen molar-refractivity contribution in [2.45, 2.75) is 25.3 Å². The Labute approximate surface area is 148 Å². The summed E-state index contributed by atoms with van der Waals surface area (Å²) in [6.45, 7) is 3.88. The molecule has 5 nitrogen and oxygen atoms in total. The fourth-order valence-corrected chi connectivity index (χ4v) is 3.99. The van der Waals surface area contributed by atoms with Gasteiger partial charge in [0.2, 0.25) is 0 Å². The molecular formula is C20H25N3O2. The second kappa shape index (κ2) is 6.92. The van der Waals surface area contributed by atoms with Crippen molar-refractivity contribution in [3.63, 3.8) is 0 Å². The minimum Gasteiger partial charge on any atom is -0.459 e. The van der Waals surface area contributed by atoms with Crippen LogP contribution < -0.4 is 10.2 Å². The average Bonchev–Trinajstić information content (AvgIpc) is 3.37. The molecule has 4 rings (SSSR count). The van der Waals surface area contributed by atoms with Crippen LogP contribution in [0.1, 0.15) is 40.6 Å². The van der Waals surface area contributed by atoms with Crippen LogP contribution in [0.2, 0.25) is 0 Å². The number of fused-ring (bicyclic) bond motifs is 1. The maximum atomic E-state index is 12.3. The Bertz CT molecular complexity index is 735. The van der Waals surface area contributed by atoms with E-state index in [2.05, 4.69) is 40.4 Å². The normalized spacial score (nSPS) is 18.4. The standard InChI is InChI=1S/C20H25N3O2/c1-22-11-8-16-13-15(6-7-17(16)22)18(23-9-2-3-10-23)14-21-20(24)19-5-4-12-25-19/h4-7,12-13,18H,2-3,8-11,14H2,1H3,(H,21,24)/t18-/m1/s1.